The molecule has 0 amide bonds. The Balaban J connectivity index is 1.57. The van der Waals surface area contributed by atoms with Crippen molar-refractivity contribution in [3.63, 3.8) is 0 Å². The minimum absolute atomic E-state index is 0.197. The molecule has 1 aliphatic carbocycles. The van der Waals surface area contributed by atoms with E-state index < -0.39 is 0 Å². The van der Waals surface area contributed by atoms with Gasteiger partial charge in [0.05, 0.1) is 5.69 Å². The van der Waals surface area contributed by atoms with Crippen molar-refractivity contribution in [2.45, 2.75) is 31.8 Å². The SMILES string of the molecule is CN(Cc1ccc(F)cc1)Cc1cc(C2CC2)on1. The van der Waals surface area contributed by atoms with E-state index >= 15 is 0 Å². The summed E-state index contributed by atoms with van der Waals surface area (Å²) in [5.41, 5.74) is 2.06. The molecule has 0 radical (unpaired) electrons. The summed E-state index contributed by atoms with van der Waals surface area (Å²) in [6.07, 6.45) is 2.44. The average Bonchev–Trinajstić information content (AvgIpc) is 3.14. The molecule has 0 saturated heterocycles. The summed E-state index contributed by atoms with van der Waals surface area (Å²) < 4.78 is 18.1. The van der Waals surface area contributed by atoms with Crippen LogP contribution in [0.1, 0.15) is 35.8 Å². The second-order valence-electron chi connectivity index (χ2n) is 5.29. The molecule has 2 aromatic rings. The molecular weight excluding hydrogens is 243 g/mol. The highest BCUT2D eigenvalue weighted by Crippen LogP contribution is 2.40. The first kappa shape index (κ1) is 12.4. The first-order valence-corrected chi connectivity index (χ1v) is 6.59. The van der Waals surface area contributed by atoms with E-state index in [1.54, 1.807) is 0 Å². The van der Waals surface area contributed by atoms with Gasteiger partial charge in [-0.15, -0.1) is 0 Å². The van der Waals surface area contributed by atoms with Crippen molar-refractivity contribution in [3.8, 4) is 0 Å². The standard InChI is InChI=1S/C15H17FN2O/c1-18(9-11-2-6-13(16)7-3-11)10-14-8-15(19-17-14)12-4-5-12/h2-3,6-8,12H,4-5,9-10H2,1H3. The highest BCUT2D eigenvalue weighted by atomic mass is 19.1. The highest BCUT2D eigenvalue weighted by Gasteiger charge is 2.27. The van der Waals surface area contributed by atoms with E-state index in [2.05, 4.69) is 16.1 Å². The highest BCUT2D eigenvalue weighted by molar-refractivity contribution is 5.17. The Bertz CT molecular complexity index is 546. The normalized spacial score (nSPS) is 15.1. The molecule has 0 N–H and O–H groups in total. The Morgan fingerprint density at radius 1 is 1.26 bits per heavy atom. The van der Waals surface area contributed by atoms with Gasteiger partial charge in [0.15, 0.2) is 0 Å². The fraction of sp³-hybridized carbons (Fsp3) is 0.400. The number of halogens is 1. The summed E-state index contributed by atoms with van der Waals surface area (Å²) >= 11 is 0. The topological polar surface area (TPSA) is 29.3 Å². The molecule has 1 aromatic heterocycles. The third kappa shape index (κ3) is 3.20. The smallest absolute Gasteiger partial charge is 0.140 e. The predicted octanol–water partition coefficient (Wildman–Crippen LogP) is 3.32. The van der Waals surface area contributed by atoms with Crippen molar-refractivity contribution in [1.29, 1.82) is 0 Å². The van der Waals surface area contributed by atoms with Gasteiger partial charge >= 0.3 is 0 Å². The fourth-order valence-electron chi connectivity index (χ4n) is 2.20. The molecule has 1 heterocycles. The van der Waals surface area contributed by atoms with Crippen LogP contribution in [0.5, 0.6) is 0 Å². The van der Waals surface area contributed by atoms with Crippen LogP contribution in [0.25, 0.3) is 0 Å². The van der Waals surface area contributed by atoms with Crippen molar-refractivity contribution in [2.75, 3.05) is 7.05 Å². The lowest BCUT2D eigenvalue weighted by atomic mass is 10.2. The van der Waals surface area contributed by atoms with E-state index in [1.165, 1.54) is 25.0 Å². The predicted molar refractivity (Wildman–Crippen MR) is 70.0 cm³/mol. The van der Waals surface area contributed by atoms with Crippen molar-refractivity contribution in [3.05, 3.63) is 53.2 Å². The van der Waals surface area contributed by atoms with Crippen LogP contribution < -0.4 is 0 Å². The van der Waals surface area contributed by atoms with Crippen LogP contribution in [0.2, 0.25) is 0 Å². The van der Waals surface area contributed by atoms with Crippen LogP contribution in [-0.4, -0.2) is 17.1 Å². The largest absolute Gasteiger partial charge is 0.361 e. The number of aromatic nitrogens is 1. The lowest BCUT2D eigenvalue weighted by Gasteiger charge is -2.14. The van der Waals surface area contributed by atoms with Gasteiger partial charge in [0.2, 0.25) is 0 Å². The van der Waals surface area contributed by atoms with Gasteiger partial charge in [0.25, 0.3) is 0 Å². The second-order valence-corrected chi connectivity index (χ2v) is 5.29. The Hall–Kier alpha value is -1.68. The summed E-state index contributed by atoms with van der Waals surface area (Å²) in [4.78, 5) is 2.14. The van der Waals surface area contributed by atoms with E-state index in [9.17, 15) is 4.39 Å². The maximum atomic E-state index is 12.8. The van der Waals surface area contributed by atoms with E-state index in [0.29, 0.717) is 5.92 Å². The molecule has 19 heavy (non-hydrogen) atoms. The van der Waals surface area contributed by atoms with Gasteiger partial charge in [-0.25, -0.2) is 4.39 Å². The van der Waals surface area contributed by atoms with Gasteiger partial charge < -0.3 is 4.52 Å². The average molecular weight is 260 g/mol. The number of hydrogen-bond donors (Lipinski definition) is 0. The van der Waals surface area contributed by atoms with Gasteiger partial charge in [-0.1, -0.05) is 17.3 Å². The Labute approximate surface area is 112 Å². The molecule has 4 heteroatoms. The van der Waals surface area contributed by atoms with Gasteiger partial charge in [0, 0.05) is 25.1 Å². The number of benzene rings is 1. The van der Waals surface area contributed by atoms with Gasteiger partial charge in [0.1, 0.15) is 11.6 Å². The third-order valence-corrected chi connectivity index (χ3v) is 3.35. The zero-order valence-electron chi connectivity index (χ0n) is 11.0. The molecule has 3 nitrogen and oxygen atoms in total. The monoisotopic (exact) mass is 260 g/mol. The van der Waals surface area contributed by atoms with Gasteiger partial charge in [-0.3, -0.25) is 4.90 Å². The maximum Gasteiger partial charge on any atom is 0.140 e. The minimum Gasteiger partial charge on any atom is -0.361 e. The van der Waals surface area contributed by atoms with Crippen LogP contribution in [0.15, 0.2) is 34.9 Å². The molecule has 1 aliphatic rings. The van der Waals surface area contributed by atoms with Gasteiger partial charge in [-0.2, -0.15) is 0 Å². The Kier molecular flexibility index (Phi) is 3.34. The fourth-order valence-corrected chi connectivity index (χ4v) is 2.20. The summed E-state index contributed by atoms with van der Waals surface area (Å²) in [7, 11) is 2.02. The zero-order valence-corrected chi connectivity index (χ0v) is 11.0. The molecule has 1 fully saturated rings. The lowest BCUT2D eigenvalue weighted by Crippen LogP contribution is -2.17. The minimum atomic E-state index is -0.197. The zero-order chi connectivity index (χ0) is 13.2. The Morgan fingerprint density at radius 3 is 2.68 bits per heavy atom. The van der Waals surface area contributed by atoms with Crippen LogP contribution in [0, 0.1) is 5.82 Å². The van der Waals surface area contributed by atoms with Crippen LogP contribution in [0.4, 0.5) is 4.39 Å². The van der Waals surface area contributed by atoms with E-state index in [0.717, 1.165) is 30.1 Å². The molecule has 3 rings (SSSR count). The first-order valence-electron chi connectivity index (χ1n) is 6.59. The number of hydrogen-bond acceptors (Lipinski definition) is 3. The molecule has 100 valence electrons. The summed E-state index contributed by atoms with van der Waals surface area (Å²) in [5, 5.41) is 4.10. The Morgan fingerprint density at radius 2 is 2.00 bits per heavy atom. The molecular formula is C15H17FN2O. The van der Waals surface area contributed by atoms with E-state index in [-0.39, 0.29) is 5.82 Å². The van der Waals surface area contributed by atoms with Gasteiger partial charge in [-0.05, 0) is 37.6 Å². The maximum absolute atomic E-state index is 12.8. The van der Waals surface area contributed by atoms with Crippen LogP contribution in [0.3, 0.4) is 0 Å². The van der Waals surface area contributed by atoms with E-state index in [1.807, 2.05) is 19.2 Å². The molecule has 0 bridgehead atoms. The van der Waals surface area contributed by atoms with Crippen LogP contribution in [-0.2, 0) is 13.1 Å². The summed E-state index contributed by atoms with van der Waals surface area (Å²) in [5.74, 6) is 1.42. The lowest BCUT2D eigenvalue weighted by molar-refractivity contribution is 0.300. The van der Waals surface area contributed by atoms with Crippen molar-refractivity contribution in [2.24, 2.45) is 0 Å². The molecule has 0 aliphatic heterocycles. The van der Waals surface area contributed by atoms with Crippen molar-refractivity contribution < 1.29 is 8.91 Å². The molecule has 0 atom stereocenters. The number of rotatable bonds is 5. The van der Waals surface area contributed by atoms with E-state index in [4.69, 9.17) is 4.52 Å². The van der Waals surface area contributed by atoms with Crippen molar-refractivity contribution >= 4 is 0 Å². The van der Waals surface area contributed by atoms with Crippen LogP contribution >= 0.6 is 0 Å². The quantitative estimate of drug-likeness (QED) is 0.825. The summed E-state index contributed by atoms with van der Waals surface area (Å²) in [6, 6.07) is 8.66. The number of nitrogens with zero attached hydrogens (tertiary/aromatic N) is 2. The molecule has 0 spiro atoms. The van der Waals surface area contributed by atoms with Crippen molar-refractivity contribution in [1.82, 2.24) is 10.1 Å². The summed E-state index contributed by atoms with van der Waals surface area (Å²) in [6.45, 7) is 1.51. The second kappa shape index (κ2) is 5.13. The third-order valence-electron chi connectivity index (χ3n) is 3.35. The molecule has 1 aromatic carbocycles. The molecule has 1 saturated carbocycles. The first-order chi connectivity index (χ1) is 9.20. The molecule has 0 unspecified atom stereocenters.